The average molecular weight is 350 g/mol. The van der Waals surface area contributed by atoms with Crippen molar-refractivity contribution >= 4 is 5.91 Å². The SMILES string of the molecule is O=C(NCc1ccnc([C@@H]2CCCO2)n1)c1cccc(-n2cnnc2)c1. The Hall–Kier alpha value is -3.13. The maximum Gasteiger partial charge on any atom is 0.251 e. The molecule has 0 saturated carbocycles. The number of nitrogens with zero attached hydrogens (tertiary/aromatic N) is 5. The van der Waals surface area contributed by atoms with E-state index in [2.05, 4.69) is 25.5 Å². The van der Waals surface area contributed by atoms with Crippen LogP contribution in [-0.4, -0.2) is 37.2 Å². The maximum absolute atomic E-state index is 12.5. The van der Waals surface area contributed by atoms with Crippen molar-refractivity contribution in [3.63, 3.8) is 0 Å². The lowest BCUT2D eigenvalue weighted by molar-refractivity contribution is 0.0949. The van der Waals surface area contributed by atoms with Gasteiger partial charge in [-0.15, -0.1) is 10.2 Å². The molecule has 2 aromatic heterocycles. The summed E-state index contributed by atoms with van der Waals surface area (Å²) in [7, 11) is 0. The molecule has 1 N–H and O–H groups in total. The van der Waals surface area contributed by atoms with Gasteiger partial charge in [0.2, 0.25) is 0 Å². The number of hydrogen-bond donors (Lipinski definition) is 1. The first kappa shape index (κ1) is 16.3. The number of ether oxygens (including phenoxy) is 1. The van der Waals surface area contributed by atoms with Crippen molar-refractivity contribution in [1.29, 1.82) is 0 Å². The van der Waals surface area contributed by atoms with Crippen LogP contribution in [0.15, 0.2) is 49.2 Å². The molecule has 1 aromatic carbocycles. The predicted octanol–water partition coefficient (Wildman–Crippen LogP) is 1.84. The Balaban J connectivity index is 1.43. The molecule has 3 aromatic rings. The van der Waals surface area contributed by atoms with E-state index in [0.717, 1.165) is 30.8 Å². The van der Waals surface area contributed by atoms with Gasteiger partial charge in [-0.1, -0.05) is 6.07 Å². The summed E-state index contributed by atoms with van der Waals surface area (Å²) in [6.45, 7) is 1.08. The van der Waals surface area contributed by atoms with Crippen molar-refractivity contribution in [1.82, 2.24) is 30.0 Å². The first-order valence-electron chi connectivity index (χ1n) is 8.46. The molecule has 0 spiro atoms. The van der Waals surface area contributed by atoms with Crippen LogP contribution in [0.5, 0.6) is 0 Å². The number of carbonyl (C=O) groups excluding carboxylic acids is 1. The third kappa shape index (κ3) is 3.60. The fourth-order valence-corrected chi connectivity index (χ4v) is 2.86. The molecule has 3 heterocycles. The van der Waals surface area contributed by atoms with E-state index in [9.17, 15) is 4.79 Å². The van der Waals surface area contributed by atoms with Gasteiger partial charge in [0, 0.05) is 24.1 Å². The molecule has 1 fully saturated rings. The normalized spacial score (nSPS) is 16.5. The van der Waals surface area contributed by atoms with Crippen molar-refractivity contribution in [3.05, 3.63) is 66.3 Å². The summed E-state index contributed by atoms with van der Waals surface area (Å²) in [4.78, 5) is 21.3. The molecule has 0 radical (unpaired) electrons. The van der Waals surface area contributed by atoms with E-state index in [1.165, 1.54) is 0 Å². The Morgan fingerprint density at radius 1 is 1.27 bits per heavy atom. The Labute approximate surface area is 150 Å². The van der Waals surface area contributed by atoms with Crippen LogP contribution in [0.25, 0.3) is 5.69 Å². The van der Waals surface area contributed by atoms with Crippen LogP contribution in [0.4, 0.5) is 0 Å². The monoisotopic (exact) mass is 350 g/mol. The first-order chi connectivity index (χ1) is 12.8. The summed E-state index contributed by atoms with van der Waals surface area (Å²) >= 11 is 0. The summed E-state index contributed by atoms with van der Waals surface area (Å²) in [5.41, 5.74) is 2.14. The average Bonchev–Trinajstić information content (AvgIpc) is 3.40. The highest BCUT2D eigenvalue weighted by atomic mass is 16.5. The molecule has 0 aliphatic carbocycles. The topological polar surface area (TPSA) is 94.8 Å². The van der Waals surface area contributed by atoms with Crippen molar-refractivity contribution in [2.24, 2.45) is 0 Å². The molecule has 26 heavy (non-hydrogen) atoms. The summed E-state index contributed by atoms with van der Waals surface area (Å²) in [5, 5.41) is 10.5. The highest BCUT2D eigenvalue weighted by Gasteiger charge is 2.20. The molecule has 1 saturated heterocycles. The molecule has 1 aliphatic heterocycles. The summed E-state index contributed by atoms with van der Waals surface area (Å²) in [6, 6.07) is 9.06. The first-order valence-corrected chi connectivity index (χ1v) is 8.46. The zero-order valence-electron chi connectivity index (χ0n) is 14.1. The van der Waals surface area contributed by atoms with Gasteiger partial charge >= 0.3 is 0 Å². The van der Waals surface area contributed by atoms with Gasteiger partial charge in [0.05, 0.1) is 12.2 Å². The van der Waals surface area contributed by atoms with E-state index < -0.39 is 0 Å². The molecule has 0 bridgehead atoms. The van der Waals surface area contributed by atoms with Crippen molar-refractivity contribution in [2.45, 2.75) is 25.5 Å². The van der Waals surface area contributed by atoms with Gasteiger partial charge in [-0.3, -0.25) is 9.36 Å². The van der Waals surface area contributed by atoms with E-state index in [-0.39, 0.29) is 12.0 Å². The van der Waals surface area contributed by atoms with Crippen LogP contribution in [0.3, 0.4) is 0 Å². The van der Waals surface area contributed by atoms with Gasteiger partial charge in [-0.2, -0.15) is 0 Å². The number of rotatable bonds is 5. The second-order valence-corrected chi connectivity index (χ2v) is 6.01. The van der Waals surface area contributed by atoms with E-state index in [1.807, 2.05) is 12.1 Å². The predicted molar refractivity (Wildman–Crippen MR) is 92.5 cm³/mol. The number of aromatic nitrogens is 5. The van der Waals surface area contributed by atoms with Gasteiger partial charge < -0.3 is 10.1 Å². The number of nitrogens with one attached hydrogen (secondary N) is 1. The minimum atomic E-state index is -0.169. The summed E-state index contributed by atoms with van der Waals surface area (Å²) < 4.78 is 7.36. The van der Waals surface area contributed by atoms with Crippen LogP contribution < -0.4 is 5.32 Å². The summed E-state index contributed by atoms with van der Waals surface area (Å²) in [6.07, 6.45) is 6.81. The molecule has 4 rings (SSSR count). The van der Waals surface area contributed by atoms with E-state index in [1.54, 1.807) is 41.6 Å². The highest BCUT2D eigenvalue weighted by Crippen LogP contribution is 2.25. The fourth-order valence-electron chi connectivity index (χ4n) is 2.86. The Bertz CT molecular complexity index is 890. The van der Waals surface area contributed by atoms with Crippen LogP contribution in [0.1, 0.15) is 40.8 Å². The third-order valence-electron chi connectivity index (χ3n) is 4.20. The number of benzene rings is 1. The largest absolute Gasteiger partial charge is 0.370 e. The van der Waals surface area contributed by atoms with Gasteiger partial charge in [0.25, 0.3) is 5.91 Å². The highest BCUT2D eigenvalue weighted by molar-refractivity contribution is 5.94. The minimum Gasteiger partial charge on any atom is -0.370 e. The van der Waals surface area contributed by atoms with Crippen LogP contribution in [0.2, 0.25) is 0 Å². The van der Waals surface area contributed by atoms with E-state index >= 15 is 0 Å². The van der Waals surface area contributed by atoms with Crippen molar-refractivity contribution in [3.8, 4) is 5.69 Å². The fraction of sp³-hybridized carbons (Fsp3) is 0.278. The third-order valence-corrected chi connectivity index (χ3v) is 4.20. The maximum atomic E-state index is 12.5. The lowest BCUT2D eigenvalue weighted by atomic mass is 10.2. The quantitative estimate of drug-likeness (QED) is 0.754. The van der Waals surface area contributed by atoms with Crippen molar-refractivity contribution < 1.29 is 9.53 Å². The Morgan fingerprint density at radius 2 is 2.15 bits per heavy atom. The van der Waals surface area contributed by atoms with Gasteiger partial charge in [0.15, 0.2) is 5.82 Å². The lowest BCUT2D eigenvalue weighted by Gasteiger charge is -2.10. The molecule has 132 valence electrons. The summed E-state index contributed by atoms with van der Waals surface area (Å²) in [5.74, 6) is 0.515. The molecule has 8 heteroatoms. The molecule has 1 aliphatic rings. The molecule has 8 nitrogen and oxygen atoms in total. The van der Waals surface area contributed by atoms with Crippen LogP contribution >= 0.6 is 0 Å². The standard InChI is InChI=1S/C18H18N6O2/c25-18(13-3-1-4-15(9-13)24-11-21-22-12-24)20-10-14-6-7-19-17(23-14)16-5-2-8-26-16/h1,3-4,6-7,9,11-12,16H,2,5,8,10H2,(H,20,25)/t16-/m0/s1. The molecule has 0 unspecified atom stereocenters. The smallest absolute Gasteiger partial charge is 0.251 e. The number of amides is 1. The van der Waals surface area contributed by atoms with E-state index in [0.29, 0.717) is 17.9 Å². The second-order valence-electron chi connectivity index (χ2n) is 6.01. The lowest BCUT2D eigenvalue weighted by Crippen LogP contribution is -2.23. The minimum absolute atomic E-state index is 0.0360. The van der Waals surface area contributed by atoms with E-state index in [4.69, 9.17) is 4.74 Å². The van der Waals surface area contributed by atoms with Crippen molar-refractivity contribution in [2.75, 3.05) is 6.61 Å². The Kier molecular flexibility index (Phi) is 4.65. The van der Waals surface area contributed by atoms with Gasteiger partial charge in [0.1, 0.15) is 18.8 Å². The van der Waals surface area contributed by atoms with Crippen LogP contribution in [-0.2, 0) is 11.3 Å². The molecular weight excluding hydrogens is 332 g/mol. The number of hydrogen-bond acceptors (Lipinski definition) is 6. The second kappa shape index (κ2) is 7.40. The van der Waals surface area contributed by atoms with Crippen LogP contribution in [0, 0.1) is 0 Å². The van der Waals surface area contributed by atoms with Gasteiger partial charge in [-0.25, -0.2) is 9.97 Å². The van der Waals surface area contributed by atoms with Gasteiger partial charge in [-0.05, 0) is 37.1 Å². The molecule has 1 atom stereocenters. The molecular formula is C18H18N6O2. The number of carbonyl (C=O) groups is 1. The molecule has 1 amide bonds. The zero-order chi connectivity index (χ0) is 17.8. The Morgan fingerprint density at radius 3 is 2.96 bits per heavy atom. The zero-order valence-corrected chi connectivity index (χ0v) is 14.1.